The molecule has 34 heavy (non-hydrogen) atoms. The molecule has 0 unspecified atom stereocenters. The number of nitrogens with two attached hydrogens (primary N) is 1. The van der Waals surface area contributed by atoms with Gasteiger partial charge in [-0.1, -0.05) is 0 Å². The van der Waals surface area contributed by atoms with Crippen molar-refractivity contribution in [1.82, 2.24) is 14.8 Å². The summed E-state index contributed by atoms with van der Waals surface area (Å²) in [5.41, 5.74) is 3.77. The number of halogens is 5. The van der Waals surface area contributed by atoms with Crippen LogP contribution in [0, 0.1) is 6.92 Å². The summed E-state index contributed by atoms with van der Waals surface area (Å²) in [6, 6.07) is 4.85. The molecule has 0 spiro atoms. The monoisotopic (exact) mass is 499 g/mol. The maximum absolute atomic E-state index is 13.4. The first-order valence-corrected chi connectivity index (χ1v) is 10.3. The van der Waals surface area contributed by atoms with Crippen molar-refractivity contribution < 1.29 is 36.0 Å². The predicted molar refractivity (Wildman–Crippen MR) is 111 cm³/mol. The number of aryl methyl sites for hydroxylation is 1. The molecule has 0 radical (unpaired) electrons. The molecule has 14 heteroatoms. The van der Waals surface area contributed by atoms with Gasteiger partial charge in [-0.3, -0.25) is 14.3 Å². The van der Waals surface area contributed by atoms with Gasteiger partial charge >= 0.3 is 6.18 Å². The first kappa shape index (κ1) is 23.4. The molecule has 0 aliphatic rings. The molecular formula is C20H14F5N5O3S. The van der Waals surface area contributed by atoms with Crippen LogP contribution >= 0.6 is 11.3 Å². The fourth-order valence-corrected chi connectivity index (χ4v) is 4.29. The highest BCUT2D eigenvalue weighted by atomic mass is 32.1. The third-order valence-electron chi connectivity index (χ3n) is 4.75. The van der Waals surface area contributed by atoms with Crippen molar-refractivity contribution in [3.05, 3.63) is 52.5 Å². The molecule has 0 aliphatic heterocycles. The molecule has 4 aromatic rings. The fourth-order valence-electron chi connectivity index (χ4n) is 3.27. The average molecular weight is 499 g/mol. The quantitative estimate of drug-likeness (QED) is 0.371. The van der Waals surface area contributed by atoms with Crippen LogP contribution in [0.3, 0.4) is 0 Å². The van der Waals surface area contributed by atoms with Crippen LogP contribution in [0.2, 0.25) is 0 Å². The molecule has 0 aromatic carbocycles. The first-order chi connectivity index (χ1) is 16.0. The number of carbonyl (C=O) groups excluding carboxylic acids is 2. The van der Waals surface area contributed by atoms with Gasteiger partial charge in [-0.2, -0.15) is 18.3 Å². The maximum Gasteiger partial charge on any atom is 0.435 e. The van der Waals surface area contributed by atoms with Crippen LogP contribution in [0.5, 0.6) is 0 Å². The zero-order valence-corrected chi connectivity index (χ0v) is 17.9. The molecule has 0 fully saturated rings. The van der Waals surface area contributed by atoms with Crippen LogP contribution in [0.15, 0.2) is 34.9 Å². The minimum Gasteiger partial charge on any atom is -0.464 e. The van der Waals surface area contributed by atoms with E-state index in [1.165, 1.54) is 25.3 Å². The van der Waals surface area contributed by atoms with Gasteiger partial charge in [0.15, 0.2) is 5.69 Å². The van der Waals surface area contributed by atoms with Crippen LogP contribution < -0.4 is 11.1 Å². The number of aromatic nitrogens is 3. The predicted octanol–water partition coefficient (Wildman–Crippen LogP) is 4.76. The Hall–Kier alpha value is -3.81. The van der Waals surface area contributed by atoms with Gasteiger partial charge in [0.05, 0.1) is 12.0 Å². The van der Waals surface area contributed by atoms with Crippen molar-refractivity contribution in [2.24, 2.45) is 5.73 Å². The molecule has 0 saturated carbocycles. The zero-order chi connectivity index (χ0) is 24.8. The van der Waals surface area contributed by atoms with Crippen molar-refractivity contribution >= 4 is 39.1 Å². The van der Waals surface area contributed by atoms with Crippen molar-refractivity contribution in [3.8, 4) is 11.3 Å². The second-order valence-corrected chi connectivity index (χ2v) is 8.10. The SMILES string of the molecule is Cc1cc(C(F)(F)F)nn1CC(=O)Nc1c(C(N)=O)sc2nc(C(F)F)cc(-c3ccco3)c12. The van der Waals surface area contributed by atoms with Crippen molar-refractivity contribution in [2.75, 3.05) is 5.32 Å². The number of hydrogen-bond acceptors (Lipinski definition) is 6. The molecule has 4 heterocycles. The molecule has 2 amide bonds. The van der Waals surface area contributed by atoms with Gasteiger partial charge in [-0.15, -0.1) is 11.3 Å². The summed E-state index contributed by atoms with van der Waals surface area (Å²) in [6.45, 7) is 0.727. The van der Waals surface area contributed by atoms with Crippen molar-refractivity contribution in [1.29, 1.82) is 0 Å². The molecule has 178 valence electrons. The molecule has 4 rings (SSSR count). The third kappa shape index (κ3) is 4.35. The molecule has 4 aromatic heterocycles. The molecule has 8 nitrogen and oxygen atoms in total. The molecule has 0 bridgehead atoms. The Morgan fingerprint density at radius 3 is 2.59 bits per heavy atom. The number of nitrogens with one attached hydrogen (secondary N) is 1. The Labute approximate surface area is 191 Å². The van der Waals surface area contributed by atoms with E-state index in [1.807, 2.05) is 0 Å². The standard InChI is InChI=1S/C20H14F5N5O3S/c1-8-5-12(20(23,24)25)29-30(8)7-13(31)28-15-14-9(11-3-2-4-33-11)6-10(17(21)22)27-19(14)34-16(15)18(26)32/h2-6,17H,7H2,1H3,(H2,26,32)(H,28,31). The number of primary amides is 1. The van der Waals surface area contributed by atoms with E-state index in [4.69, 9.17) is 10.2 Å². The van der Waals surface area contributed by atoms with E-state index in [1.54, 1.807) is 0 Å². The normalized spacial score (nSPS) is 12.0. The largest absolute Gasteiger partial charge is 0.464 e. The second kappa shape index (κ2) is 8.52. The summed E-state index contributed by atoms with van der Waals surface area (Å²) in [5.74, 6) is -1.63. The number of alkyl halides is 5. The Kier molecular flexibility index (Phi) is 5.85. The van der Waals surface area contributed by atoms with Crippen LogP contribution in [-0.2, 0) is 17.5 Å². The number of fused-ring (bicyclic) bond motifs is 1. The number of anilines is 1. The minimum atomic E-state index is -4.69. The van der Waals surface area contributed by atoms with E-state index in [2.05, 4.69) is 15.4 Å². The lowest BCUT2D eigenvalue weighted by molar-refractivity contribution is -0.141. The van der Waals surface area contributed by atoms with Crippen LogP contribution in [-0.4, -0.2) is 26.6 Å². The number of carbonyl (C=O) groups is 2. The number of rotatable bonds is 6. The number of nitrogens with zero attached hydrogens (tertiary/aromatic N) is 3. The Morgan fingerprint density at radius 1 is 1.29 bits per heavy atom. The summed E-state index contributed by atoms with van der Waals surface area (Å²) < 4.78 is 71.7. The fraction of sp³-hybridized carbons (Fsp3) is 0.200. The number of pyridine rings is 1. The molecular weight excluding hydrogens is 485 g/mol. The summed E-state index contributed by atoms with van der Waals surface area (Å²) in [5, 5.41) is 5.96. The lowest BCUT2D eigenvalue weighted by Crippen LogP contribution is -2.22. The smallest absolute Gasteiger partial charge is 0.435 e. The number of amides is 2. The summed E-state index contributed by atoms with van der Waals surface area (Å²) in [7, 11) is 0. The van der Waals surface area contributed by atoms with Gasteiger partial charge in [0.1, 0.15) is 27.7 Å². The highest BCUT2D eigenvalue weighted by molar-refractivity contribution is 7.21. The molecule has 0 atom stereocenters. The van der Waals surface area contributed by atoms with E-state index in [0.717, 1.165) is 16.8 Å². The molecule has 3 N–H and O–H groups in total. The number of hydrogen-bond donors (Lipinski definition) is 2. The van der Waals surface area contributed by atoms with E-state index in [-0.39, 0.29) is 37.8 Å². The zero-order valence-electron chi connectivity index (χ0n) is 17.1. The summed E-state index contributed by atoms with van der Waals surface area (Å²) in [6.07, 6.45) is -6.32. The number of furan rings is 1. The van der Waals surface area contributed by atoms with Gasteiger partial charge in [0, 0.05) is 16.6 Å². The van der Waals surface area contributed by atoms with Gasteiger partial charge in [-0.05, 0) is 31.2 Å². The Morgan fingerprint density at radius 2 is 2.03 bits per heavy atom. The van der Waals surface area contributed by atoms with Gasteiger partial charge in [0.2, 0.25) is 5.91 Å². The second-order valence-electron chi connectivity index (χ2n) is 7.10. The minimum absolute atomic E-state index is 0.0112. The van der Waals surface area contributed by atoms with Gasteiger partial charge in [-0.25, -0.2) is 13.8 Å². The lowest BCUT2D eigenvalue weighted by Gasteiger charge is -2.10. The van der Waals surface area contributed by atoms with Crippen LogP contribution in [0.25, 0.3) is 21.5 Å². The Bertz CT molecular complexity index is 1390. The van der Waals surface area contributed by atoms with E-state index < -0.39 is 42.3 Å². The highest BCUT2D eigenvalue weighted by Gasteiger charge is 2.34. The maximum atomic E-state index is 13.4. The van der Waals surface area contributed by atoms with E-state index in [9.17, 15) is 31.5 Å². The van der Waals surface area contributed by atoms with Crippen LogP contribution in [0.1, 0.15) is 33.2 Å². The lowest BCUT2D eigenvalue weighted by atomic mass is 10.1. The topological polar surface area (TPSA) is 116 Å². The van der Waals surface area contributed by atoms with E-state index in [0.29, 0.717) is 11.3 Å². The third-order valence-corrected chi connectivity index (χ3v) is 5.84. The first-order valence-electron chi connectivity index (χ1n) is 9.46. The highest BCUT2D eigenvalue weighted by Crippen LogP contribution is 2.42. The van der Waals surface area contributed by atoms with Crippen LogP contribution in [0.4, 0.5) is 27.6 Å². The molecule has 0 saturated heterocycles. The average Bonchev–Trinajstić information content (AvgIpc) is 3.47. The van der Waals surface area contributed by atoms with E-state index >= 15 is 0 Å². The summed E-state index contributed by atoms with van der Waals surface area (Å²) in [4.78, 5) is 28.5. The van der Waals surface area contributed by atoms with Gasteiger partial charge in [0.25, 0.3) is 12.3 Å². The summed E-state index contributed by atoms with van der Waals surface area (Å²) >= 11 is 0.687. The number of thiophene rings is 1. The van der Waals surface area contributed by atoms with Crippen molar-refractivity contribution in [2.45, 2.75) is 26.1 Å². The van der Waals surface area contributed by atoms with Crippen molar-refractivity contribution in [3.63, 3.8) is 0 Å². The van der Waals surface area contributed by atoms with Gasteiger partial charge < -0.3 is 15.5 Å². The molecule has 0 aliphatic carbocycles. The Balaban J connectivity index is 1.79.